The summed E-state index contributed by atoms with van der Waals surface area (Å²) < 4.78 is 54.6. The summed E-state index contributed by atoms with van der Waals surface area (Å²) in [4.78, 5) is 26.0. The van der Waals surface area contributed by atoms with Crippen molar-refractivity contribution in [2.45, 2.75) is 12.6 Å². The molecule has 0 fully saturated rings. The fourth-order valence-electron chi connectivity index (χ4n) is 4.15. The van der Waals surface area contributed by atoms with E-state index in [-0.39, 0.29) is 43.5 Å². The van der Waals surface area contributed by atoms with Crippen molar-refractivity contribution in [1.29, 1.82) is 0 Å². The number of alkyl halides is 2. The lowest BCUT2D eigenvalue weighted by molar-refractivity contribution is 0.0566. The molecule has 3 aromatic carbocycles. The number of nitrogens with one attached hydrogen (secondary N) is 2. The predicted octanol–water partition coefficient (Wildman–Crippen LogP) is 6.62. The Morgan fingerprint density at radius 1 is 1.03 bits per heavy atom. The quantitative estimate of drug-likeness (QED) is 0.275. The average Bonchev–Trinajstić information content (AvgIpc) is 3.46. The van der Waals surface area contributed by atoms with Crippen molar-refractivity contribution in [3.05, 3.63) is 105 Å². The van der Waals surface area contributed by atoms with Gasteiger partial charge in [-0.3, -0.25) is 9.59 Å². The Labute approximate surface area is 216 Å². The number of carbonyl (C=O) groups excluding carboxylic acids is 2. The Bertz CT molecular complexity index is 1550. The van der Waals surface area contributed by atoms with Gasteiger partial charge in [-0.1, -0.05) is 23.2 Å². The first-order chi connectivity index (χ1) is 17.6. The summed E-state index contributed by atoms with van der Waals surface area (Å²) in [6.45, 7) is -2.89. The summed E-state index contributed by atoms with van der Waals surface area (Å²) in [5, 5.41) is 9.12. The van der Waals surface area contributed by atoms with Gasteiger partial charge in [0.1, 0.15) is 11.6 Å². The summed E-state index contributed by atoms with van der Waals surface area (Å²) in [6, 6.07) is 8.84. The minimum absolute atomic E-state index is 0.00944. The molecule has 4 aromatic rings. The van der Waals surface area contributed by atoms with E-state index in [1.54, 1.807) is 0 Å². The van der Waals surface area contributed by atoms with Gasteiger partial charge in [0.05, 0.1) is 12.2 Å². The van der Waals surface area contributed by atoms with E-state index < -0.39 is 36.0 Å². The van der Waals surface area contributed by atoms with Crippen molar-refractivity contribution in [2.75, 3.05) is 5.32 Å². The number of benzene rings is 3. The van der Waals surface area contributed by atoms with Crippen LogP contribution in [0.5, 0.6) is 0 Å². The van der Waals surface area contributed by atoms with Crippen molar-refractivity contribution in [2.24, 2.45) is 0 Å². The molecule has 0 spiro atoms. The topological polar surface area (TPSA) is 76.0 Å². The molecule has 0 saturated heterocycles. The molecule has 2 heterocycles. The predicted molar refractivity (Wildman–Crippen MR) is 129 cm³/mol. The summed E-state index contributed by atoms with van der Waals surface area (Å²) >= 11 is 12.2. The monoisotopic (exact) mass is 548 g/mol. The van der Waals surface area contributed by atoms with E-state index in [9.17, 15) is 27.2 Å². The third-order valence-electron chi connectivity index (χ3n) is 5.77. The van der Waals surface area contributed by atoms with Gasteiger partial charge in [0.25, 0.3) is 11.8 Å². The highest BCUT2D eigenvalue weighted by Gasteiger charge is 2.35. The first-order valence-corrected chi connectivity index (χ1v) is 11.4. The van der Waals surface area contributed by atoms with Gasteiger partial charge in [-0.2, -0.15) is 13.9 Å². The van der Waals surface area contributed by atoms with Crippen LogP contribution >= 0.6 is 23.2 Å². The number of carbonyl (C=O) groups is 2. The summed E-state index contributed by atoms with van der Waals surface area (Å²) in [5.41, 5.74) is 1.11. The second-order valence-corrected chi connectivity index (χ2v) is 9.00. The van der Waals surface area contributed by atoms with Crippen molar-refractivity contribution in [3.8, 4) is 11.1 Å². The van der Waals surface area contributed by atoms with E-state index in [0.29, 0.717) is 10.2 Å². The normalized spacial score (nSPS) is 14.6. The highest BCUT2D eigenvalue weighted by atomic mass is 35.5. The van der Waals surface area contributed by atoms with Crippen LogP contribution in [-0.4, -0.2) is 21.6 Å². The average molecular weight is 549 g/mol. The van der Waals surface area contributed by atoms with Gasteiger partial charge in [0.15, 0.2) is 0 Å². The Kier molecular flexibility index (Phi) is 6.38. The van der Waals surface area contributed by atoms with Gasteiger partial charge in [0.2, 0.25) is 0 Å². The molecule has 37 heavy (non-hydrogen) atoms. The molecule has 188 valence electrons. The molecule has 0 bridgehead atoms. The van der Waals surface area contributed by atoms with Gasteiger partial charge in [-0.25, -0.2) is 13.5 Å². The van der Waals surface area contributed by atoms with Crippen LogP contribution in [0.4, 0.5) is 23.2 Å². The Morgan fingerprint density at radius 3 is 2.51 bits per heavy atom. The lowest BCUT2D eigenvalue weighted by atomic mass is 9.93. The highest BCUT2D eigenvalue weighted by molar-refractivity contribution is 6.31. The largest absolute Gasteiger partial charge is 0.341 e. The molecular formula is C25H14Cl2F4N4O2. The maximum Gasteiger partial charge on any atom is 0.333 e. The Hall–Kier alpha value is -3.89. The zero-order valence-electron chi connectivity index (χ0n) is 18.4. The first-order valence-electron chi connectivity index (χ1n) is 10.6. The van der Waals surface area contributed by atoms with Crippen LogP contribution in [0, 0.1) is 11.6 Å². The summed E-state index contributed by atoms with van der Waals surface area (Å²) in [6.07, 6.45) is 2.26. The van der Waals surface area contributed by atoms with Gasteiger partial charge in [0, 0.05) is 49.7 Å². The molecule has 1 aliphatic rings. The number of nitrogens with zero attached hydrogens (tertiary/aromatic N) is 2. The van der Waals surface area contributed by atoms with Crippen LogP contribution in [-0.2, 0) is 0 Å². The number of anilines is 1. The lowest BCUT2D eigenvalue weighted by Crippen LogP contribution is -2.21. The summed E-state index contributed by atoms with van der Waals surface area (Å²) in [5.74, 6) is -2.66. The Morgan fingerprint density at radius 2 is 1.81 bits per heavy atom. The number of amides is 2. The molecule has 12 heteroatoms. The van der Waals surface area contributed by atoms with E-state index in [2.05, 4.69) is 15.7 Å². The zero-order valence-corrected chi connectivity index (χ0v) is 19.9. The molecule has 2 N–H and O–H groups in total. The van der Waals surface area contributed by atoms with Crippen LogP contribution in [0.15, 0.2) is 60.9 Å². The van der Waals surface area contributed by atoms with Crippen LogP contribution in [0.3, 0.4) is 0 Å². The molecule has 1 aromatic heterocycles. The van der Waals surface area contributed by atoms with Crippen molar-refractivity contribution >= 4 is 40.7 Å². The molecule has 0 saturated carbocycles. The van der Waals surface area contributed by atoms with Gasteiger partial charge in [-0.05, 0) is 54.1 Å². The van der Waals surface area contributed by atoms with Gasteiger partial charge in [-0.15, -0.1) is 0 Å². The number of halogens is 6. The zero-order chi connectivity index (χ0) is 26.4. The minimum atomic E-state index is -2.89. The van der Waals surface area contributed by atoms with Crippen LogP contribution in [0.2, 0.25) is 10.0 Å². The molecule has 1 atom stereocenters. The number of hydrogen-bond acceptors (Lipinski definition) is 3. The third-order valence-corrected chi connectivity index (χ3v) is 6.33. The van der Waals surface area contributed by atoms with Crippen molar-refractivity contribution in [1.82, 2.24) is 15.1 Å². The maximum atomic E-state index is 14.1. The van der Waals surface area contributed by atoms with Crippen molar-refractivity contribution in [3.63, 3.8) is 0 Å². The molecule has 2 amide bonds. The van der Waals surface area contributed by atoms with E-state index in [1.165, 1.54) is 30.5 Å². The van der Waals surface area contributed by atoms with Gasteiger partial charge >= 0.3 is 6.55 Å². The molecule has 1 aliphatic heterocycles. The number of hydrogen-bond donors (Lipinski definition) is 2. The molecule has 6 nitrogen and oxygen atoms in total. The van der Waals surface area contributed by atoms with Crippen LogP contribution in [0.1, 0.15) is 44.4 Å². The third kappa shape index (κ3) is 4.77. The number of fused-ring (bicyclic) bond motifs is 1. The molecule has 5 rings (SSSR count). The second-order valence-electron chi connectivity index (χ2n) is 8.16. The highest BCUT2D eigenvalue weighted by Crippen LogP contribution is 2.42. The van der Waals surface area contributed by atoms with Crippen LogP contribution in [0.25, 0.3) is 11.1 Å². The smallest absolute Gasteiger partial charge is 0.333 e. The van der Waals surface area contributed by atoms with Gasteiger partial charge < -0.3 is 10.6 Å². The fraction of sp³-hybridized carbons (Fsp3) is 0.0800. The number of rotatable bonds is 5. The second kappa shape index (κ2) is 9.53. The van der Waals surface area contributed by atoms with E-state index in [0.717, 1.165) is 30.5 Å². The molecular weight excluding hydrogens is 535 g/mol. The summed E-state index contributed by atoms with van der Waals surface area (Å²) in [7, 11) is 0. The van der Waals surface area contributed by atoms with E-state index in [1.807, 2.05) is 0 Å². The maximum absolute atomic E-state index is 14.1. The molecule has 1 unspecified atom stereocenters. The van der Waals surface area contributed by atoms with E-state index >= 15 is 0 Å². The van der Waals surface area contributed by atoms with Crippen LogP contribution < -0.4 is 10.6 Å². The molecule has 0 radical (unpaired) electrons. The Balaban J connectivity index is 1.66. The SMILES string of the molecule is O=C(Nc1cc(-c2cnn(C(F)F)c2)cc2c1C(c1cc(F)ccc1Cl)NC2=O)c1cc(F)cc(Cl)c1. The lowest BCUT2D eigenvalue weighted by Gasteiger charge is -2.19. The number of aromatic nitrogens is 2. The van der Waals surface area contributed by atoms with E-state index in [4.69, 9.17) is 23.2 Å². The fourth-order valence-corrected chi connectivity index (χ4v) is 4.59. The van der Waals surface area contributed by atoms with Crippen molar-refractivity contribution < 1.29 is 27.2 Å². The standard InChI is InChI=1S/C25H14Cl2F4N4O2/c26-14-3-12(4-16(29)7-14)23(36)33-20-6-11(13-9-32-35(10-13)25(30)31)5-18-21(20)22(34-24(18)37)17-8-15(28)1-2-19(17)27/h1-10,22,25H,(H,33,36)(H,34,37). The minimum Gasteiger partial charge on any atom is -0.341 e. The molecule has 0 aliphatic carbocycles. The first kappa shape index (κ1) is 24.8.